The zero-order valence-electron chi connectivity index (χ0n) is 11.3. The maximum absolute atomic E-state index is 10.8. The van der Waals surface area contributed by atoms with Gasteiger partial charge in [0.2, 0.25) is 0 Å². The summed E-state index contributed by atoms with van der Waals surface area (Å²) in [5.41, 5.74) is 3.03. The number of rotatable bonds is 3. The molecular formula is C17H15NOS. The summed E-state index contributed by atoms with van der Waals surface area (Å²) < 4.78 is 0. The lowest BCUT2D eigenvalue weighted by Crippen LogP contribution is -1.84. The summed E-state index contributed by atoms with van der Waals surface area (Å²) in [6.45, 7) is 1.58. The Bertz CT molecular complexity index is 624. The van der Waals surface area contributed by atoms with Crippen molar-refractivity contribution >= 4 is 16.9 Å². The number of nitrogens with zero attached hydrogens (tertiary/aromatic N) is 1. The lowest BCUT2D eigenvalue weighted by atomic mass is 10.1. The van der Waals surface area contributed by atoms with Crippen LogP contribution in [-0.4, -0.2) is 15.9 Å². The average Bonchev–Trinajstić information content (AvgIpc) is 2.48. The Hall–Kier alpha value is -2.05. The Morgan fingerprint density at radius 2 is 2.00 bits per heavy atom. The zero-order chi connectivity index (χ0) is 14.2. The molecule has 0 unspecified atom stereocenters. The van der Waals surface area contributed by atoms with Gasteiger partial charge in [0.1, 0.15) is 0 Å². The molecule has 20 heavy (non-hydrogen) atoms. The Balaban J connectivity index is 1.95. The van der Waals surface area contributed by atoms with E-state index in [2.05, 4.69) is 16.8 Å². The van der Waals surface area contributed by atoms with Crippen LogP contribution in [0.15, 0.2) is 48.7 Å². The third-order valence-electron chi connectivity index (χ3n) is 2.61. The summed E-state index contributed by atoms with van der Waals surface area (Å²) in [7, 11) is 0. The van der Waals surface area contributed by atoms with Crippen LogP contribution in [0.1, 0.15) is 18.9 Å². The standard InChI is InChI=1S/C17H15NOS/c1-14(19)20-13-5-3-6-15-8-10-16(11-9-15)17-7-2-4-12-18-17/h2,4,7-12H,5,13H2,1H3. The molecule has 0 spiro atoms. The first kappa shape index (κ1) is 14.4. The summed E-state index contributed by atoms with van der Waals surface area (Å²) in [5.74, 6) is 6.94. The monoisotopic (exact) mass is 281 g/mol. The van der Waals surface area contributed by atoms with Crippen molar-refractivity contribution in [2.75, 3.05) is 5.75 Å². The molecule has 0 N–H and O–H groups in total. The molecule has 0 fully saturated rings. The lowest BCUT2D eigenvalue weighted by Gasteiger charge is -1.99. The first-order valence-electron chi connectivity index (χ1n) is 6.39. The number of carbonyl (C=O) groups is 1. The predicted molar refractivity (Wildman–Crippen MR) is 84.3 cm³/mol. The normalized spacial score (nSPS) is 9.65. The molecule has 0 aliphatic rings. The number of aromatic nitrogens is 1. The highest BCUT2D eigenvalue weighted by Gasteiger charge is 1.97. The van der Waals surface area contributed by atoms with Crippen LogP contribution in [0, 0.1) is 11.8 Å². The van der Waals surface area contributed by atoms with E-state index in [1.165, 1.54) is 11.8 Å². The molecule has 0 saturated heterocycles. The van der Waals surface area contributed by atoms with Gasteiger partial charge in [0, 0.05) is 36.4 Å². The van der Waals surface area contributed by atoms with Crippen molar-refractivity contribution in [3.8, 4) is 23.1 Å². The molecule has 100 valence electrons. The largest absolute Gasteiger partial charge is 0.288 e. The van der Waals surface area contributed by atoms with Crippen molar-refractivity contribution in [2.24, 2.45) is 0 Å². The van der Waals surface area contributed by atoms with Gasteiger partial charge in [0.15, 0.2) is 5.12 Å². The van der Waals surface area contributed by atoms with E-state index < -0.39 is 0 Å². The highest BCUT2D eigenvalue weighted by molar-refractivity contribution is 8.13. The van der Waals surface area contributed by atoms with Gasteiger partial charge in [-0.05, 0) is 24.3 Å². The zero-order valence-corrected chi connectivity index (χ0v) is 12.1. The van der Waals surface area contributed by atoms with E-state index in [0.29, 0.717) is 0 Å². The van der Waals surface area contributed by atoms with Crippen molar-refractivity contribution < 1.29 is 4.79 Å². The topological polar surface area (TPSA) is 30.0 Å². The molecule has 3 heteroatoms. The summed E-state index contributed by atoms with van der Waals surface area (Å²) in [5, 5.41) is 0.145. The minimum atomic E-state index is 0.145. The van der Waals surface area contributed by atoms with E-state index in [1.807, 2.05) is 42.5 Å². The maximum Gasteiger partial charge on any atom is 0.185 e. The van der Waals surface area contributed by atoms with Gasteiger partial charge >= 0.3 is 0 Å². The van der Waals surface area contributed by atoms with Crippen LogP contribution in [0.4, 0.5) is 0 Å². The smallest absolute Gasteiger partial charge is 0.185 e. The third-order valence-corrected chi connectivity index (χ3v) is 3.43. The van der Waals surface area contributed by atoms with Crippen molar-refractivity contribution in [1.29, 1.82) is 0 Å². The highest BCUT2D eigenvalue weighted by Crippen LogP contribution is 2.16. The fraction of sp³-hybridized carbons (Fsp3) is 0.176. The first-order chi connectivity index (χ1) is 9.75. The van der Waals surface area contributed by atoms with Gasteiger partial charge in [0.05, 0.1) is 5.69 Å². The molecule has 1 aromatic heterocycles. The second kappa shape index (κ2) is 7.52. The Morgan fingerprint density at radius 1 is 1.20 bits per heavy atom. The van der Waals surface area contributed by atoms with Gasteiger partial charge in [-0.1, -0.05) is 41.8 Å². The van der Waals surface area contributed by atoms with Gasteiger partial charge in [-0.15, -0.1) is 0 Å². The molecule has 2 rings (SSSR count). The summed E-state index contributed by atoms with van der Waals surface area (Å²) >= 11 is 1.32. The van der Waals surface area contributed by atoms with E-state index in [4.69, 9.17) is 0 Å². The quantitative estimate of drug-likeness (QED) is 0.633. The van der Waals surface area contributed by atoms with Crippen LogP contribution in [0.25, 0.3) is 11.3 Å². The van der Waals surface area contributed by atoms with Gasteiger partial charge < -0.3 is 0 Å². The van der Waals surface area contributed by atoms with E-state index in [0.717, 1.165) is 29.0 Å². The van der Waals surface area contributed by atoms with E-state index in [9.17, 15) is 4.79 Å². The van der Waals surface area contributed by atoms with Crippen LogP contribution in [0.2, 0.25) is 0 Å². The Labute approximate surface area is 123 Å². The van der Waals surface area contributed by atoms with Crippen LogP contribution >= 0.6 is 11.8 Å². The summed E-state index contributed by atoms with van der Waals surface area (Å²) in [6, 6.07) is 13.9. The molecule has 0 radical (unpaired) electrons. The van der Waals surface area contributed by atoms with Gasteiger partial charge in [-0.25, -0.2) is 0 Å². The number of pyridine rings is 1. The lowest BCUT2D eigenvalue weighted by molar-refractivity contribution is -0.109. The number of benzene rings is 1. The van der Waals surface area contributed by atoms with Gasteiger partial charge in [-0.2, -0.15) is 0 Å². The number of thioether (sulfide) groups is 1. The second-order valence-corrected chi connectivity index (χ2v) is 5.46. The van der Waals surface area contributed by atoms with Crippen LogP contribution in [0.5, 0.6) is 0 Å². The molecule has 0 aliphatic heterocycles. The van der Waals surface area contributed by atoms with Crippen molar-refractivity contribution in [1.82, 2.24) is 4.98 Å². The molecule has 0 saturated carbocycles. The fourth-order valence-corrected chi connectivity index (χ4v) is 2.16. The predicted octanol–water partition coefficient (Wildman–Crippen LogP) is 3.77. The minimum Gasteiger partial charge on any atom is -0.288 e. The Kier molecular flexibility index (Phi) is 5.40. The molecule has 1 heterocycles. The SMILES string of the molecule is CC(=O)SCCC#Cc1ccc(-c2ccccn2)cc1. The van der Waals surface area contributed by atoms with E-state index >= 15 is 0 Å². The molecule has 0 atom stereocenters. The first-order valence-corrected chi connectivity index (χ1v) is 7.38. The number of hydrogen-bond donors (Lipinski definition) is 0. The molecule has 1 aromatic carbocycles. The minimum absolute atomic E-state index is 0.145. The van der Waals surface area contributed by atoms with E-state index in [1.54, 1.807) is 13.1 Å². The highest BCUT2D eigenvalue weighted by atomic mass is 32.2. The average molecular weight is 281 g/mol. The van der Waals surface area contributed by atoms with Crippen LogP contribution < -0.4 is 0 Å². The number of carbonyl (C=O) groups excluding carboxylic acids is 1. The number of hydrogen-bond acceptors (Lipinski definition) is 3. The Morgan fingerprint density at radius 3 is 2.65 bits per heavy atom. The molecule has 2 nitrogen and oxygen atoms in total. The molecule has 0 bridgehead atoms. The molecule has 0 amide bonds. The molecule has 2 aromatic rings. The fourth-order valence-electron chi connectivity index (χ4n) is 1.67. The third kappa shape index (κ3) is 4.56. The van der Waals surface area contributed by atoms with Gasteiger partial charge in [-0.3, -0.25) is 9.78 Å². The van der Waals surface area contributed by atoms with Crippen molar-refractivity contribution in [2.45, 2.75) is 13.3 Å². The van der Waals surface area contributed by atoms with Crippen molar-refractivity contribution in [3.63, 3.8) is 0 Å². The van der Waals surface area contributed by atoms with Gasteiger partial charge in [0.25, 0.3) is 0 Å². The second-order valence-electron chi connectivity index (χ2n) is 4.18. The molecule has 0 aliphatic carbocycles. The summed E-state index contributed by atoms with van der Waals surface area (Å²) in [4.78, 5) is 15.1. The van der Waals surface area contributed by atoms with E-state index in [-0.39, 0.29) is 5.12 Å². The summed E-state index contributed by atoms with van der Waals surface area (Å²) in [6.07, 6.45) is 2.52. The van der Waals surface area contributed by atoms with Crippen molar-refractivity contribution in [3.05, 3.63) is 54.2 Å². The van der Waals surface area contributed by atoms with Crippen LogP contribution in [0.3, 0.4) is 0 Å². The van der Waals surface area contributed by atoms with Crippen LogP contribution in [-0.2, 0) is 4.79 Å². The maximum atomic E-state index is 10.8. The molecular weight excluding hydrogens is 266 g/mol.